The smallest absolute Gasteiger partial charge is 0.271 e. The number of halogens is 3. The molecule has 5 rings (SSSR count). The fourth-order valence-electron chi connectivity index (χ4n) is 5.23. The fourth-order valence-corrected chi connectivity index (χ4v) is 5.35. The molecule has 0 amide bonds. The molecule has 0 aliphatic carbocycles. The second kappa shape index (κ2) is 10.0. The van der Waals surface area contributed by atoms with Crippen LogP contribution in [-0.2, 0) is 32.6 Å². The Kier molecular flexibility index (Phi) is 6.86. The lowest BCUT2D eigenvalue weighted by Crippen LogP contribution is -2.33. The van der Waals surface area contributed by atoms with Crippen LogP contribution in [0.15, 0.2) is 47.3 Å². The van der Waals surface area contributed by atoms with Crippen molar-refractivity contribution in [3.8, 4) is 0 Å². The van der Waals surface area contributed by atoms with Gasteiger partial charge >= 0.3 is 0 Å². The summed E-state index contributed by atoms with van der Waals surface area (Å²) in [5.41, 5.74) is 3.52. The molecule has 1 saturated heterocycles. The Hall–Kier alpha value is -2.48. The maximum atomic E-state index is 13.7. The molecule has 34 heavy (non-hydrogen) atoms. The lowest BCUT2D eigenvalue weighted by molar-refractivity contribution is 0.236. The zero-order valence-electron chi connectivity index (χ0n) is 19.1. The number of hydrogen-bond acceptors (Lipinski definition) is 3. The number of piperidine rings is 1. The van der Waals surface area contributed by atoms with Gasteiger partial charge in [0.2, 0.25) is 0 Å². The molecule has 8 heteroatoms. The molecule has 0 saturated carbocycles. The monoisotopic (exact) mass is 486 g/mol. The highest BCUT2D eigenvalue weighted by atomic mass is 35.5. The van der Waals surface area contributed by atoms with Crippen molar-refractivity contribution in [3.63, 3.8) is 0 Å². The molecule has 1 fully saturated rings. The second-order valence-corrected chi connectivity index (χ2v) is 9.86. The highest BCUT2D eigenvalue weighted by Crippen LogP contribution is 2.23. The Morgan fingerprint density at radius 3 is 2.35 bits per heavy atom. The first-order valence-electron chi connectivity index (χ1n) is 11.9. The number of hydrogen-bond donors (Lipinski definition) is 1. The van der Waals surface area contributed by atoms with Gasteiger partial charge in [0.1, 0.15) is 11.6 Å². The van der Waals surface area contributed by atoms with Crippen molar-refractivity contribution in [3.05, 3.63) is 91.9 Å². The third kappa shape index (κ3) is 5.11. The fraction of sp³-hybridized carbons (Fsp3) is 0.423. The Labute approximate surface area is 202 Å². The van der Waals surface area contributed by atoms with Crippen LogP contribution in [0.25, 0.3) is 0 Å². The summed E-state index contributed by atoms with van der Waals surface area (Å²) in [7, 11) is 0. The quantitative estimate of drug-likeness (QED) is 0.568. The summed E-state index contributed by atoms with van der Waals surface area (Å²) in [5, 5.41) is 4.09. The summed E-state index contributed by atoms with van der Waals surface area (Å²) >= 11 is 6.06. The highest BCUT2D eigenvalue weighted by molar-refractivity contribution is 6.30. The topological polar surface area (TPSA) is 42.2 Å². The Balaban J connectivity index is 1.44. The van der Waals surface area contributed by atoms with E-state index in [0.717, 1.165) is 68.3 Å². The summed E-state index contributed by atoms with van der Waals surface area (Å²) in [6.45, 7) is 4.96. The zero-order valence-corrected chi connectivity index (χ0v) is 19.8. The lowest BCUT2D eigenvalue weighted by atomic mass is 9.98. The molecule has 5 nitrogen and oxygen atoms in total. The average Bonchev–Trinajstić information content (AvgIpc) is 3.06. The van der Waals surface area contributed by atoms with Crippen molar-refractivity contribution in [1.29, 1.82) is 0 Å². The van der Waals surface area contributed by atoms with E-state index < -0.39 is 11.6 Å². The van der Waals surface area contributed by atoms with Gasteiger partial charge in [-0.25, -0.2) is 13.5 Å². The van der Waals surface area contributed by atoms with E-state index in [0.29, 0.717) is 36.1 Å². The minimum atomic E-state index is -0.578. The van der Waals surface area contributed by atoms with Gasteiger partial charge in [-0.1, -0.05) is 23.7 Å². The van der Waals surface area contributed by atoms with Crippen molar-refractivity contribution >= 4 is 11.6 Å². The van der Waals surface area contributed by atoms with Gasteiger partial charge in [-0.05, 0) is 67.2 Å². The minimum absolute atomic E-state index is 0.0222. The van der Waals surface area contributed by atoms with Gasteiger partial charge in [-0.2, -0.15) is 0 Å². The van der Waals surface area contributed by atoms with Crippen molar-refractivity contribution in [2.75, 3.05) is 19.6 Å². The molecule has 0 radical (unpaired) electrons. The van der Waals surface area contributed by atoms with Crippen molar-refractivity contribution in [2.24, 2.45) is 5.92 Å². The summed E-state index contributed by atoms with van der Waals surface area (Å²) in [6, 6.07) is 11.2. The normalized spacial score (nSPS) is 17.1. The van der Waals surface area contributed by atoms with Crippen LogP contribution in [0, 0.1) is 17.6 Å². The number of fused-ring (bicyclic) bond motifs is 1. The van der Waals surface area contributed by atoms with Crippen LogP contribution in [0.1, 0.15) is 35.2 Å². The van der Waals surface area contributed by atoms with Crippen LogP contribution in [0.4, 0.5) is 8.78 Å². The van der Waals surface area contributed by atoms with Crippen molar-refractivity contribution in [1.82, 2.24) is 19.6 Å². The van der Waals surface area contributed by atoms with Gasteiger partial charge in [0, 0.05) is 49.4 Å². The van der Waals surface area contributed by atoms with Crippen LogP contribution in [0.3, 0.4) is 0 Å². The van der Waals surface area contributed by atoms with Crippen LogP contribution in [0.5, 0.6) is 0 Å². The van der Waals surface area contributed by atoms with Crippen LogP contribution >= 0.6 is 11.6 Å². The maximum Gasteiger partial charge on any atom is 0.271 e. The van der Waals surface area contributed by atoms with E-state index in [9.17, 15) is 13.6 Å². The van der Waals surface area contributed by atoms with Gasteiger partial charge in [0.25, 0.3) is 5.56 Å². The van der Waals surface area contributed by atoms with Crippen LogP contribution in [-0.4, -0.2) is 33.9 Å². The molecule has 0 atom stereocenters. The predicted octanol–water partition coefficient (Wildman–Crippen LogP) is 4.19. The summed E-state index contributed by atoms with van der Waals surface area (Å²) in [5.74, 6) is -0.626. The molecule has 0 bridgehead atoms. The molecule has 1 N–H and O–H groups in total. The first-order valence-corrected chi connectivity index (χ1v) is 12.3. The standard InChI is InChI=1S/C26H29ClF2N4O/c27-21-3-1-18(2-4-21)16-33-26(34)24-17-31(14-20-11-22(28)13-23(29)12-20)10-7-25(24)32(33)15-19-5-8-30-9-6-19/h1-4,11-13,19,30H,5-10,14-17H2. The first-order chi connectivity index (χ1) is 16.5. The van der Waals surface area contributed by atoms with Crippen LogP contribution < -0.4 is 10.9 Å². The molecule has 2 aliphatic heterocycles. The number of aromatic nitrogens is 2. The van der Waals surface area contributed by atoms with Gasteiger partial charge in [0.05, 0.1) is 12.1 Å². The molecule has 2 aromatic carbocycles. The number of nitrogens with zero attached hydrogens (tertiary/aromatic N) is 3. The average molecular weight is 487 g/mol. The first kappa shape index (κ1) is 23.3. The summed E-state index contributed by atoms with van der Waals surface area (Å²) in [4.78, 5) is 15.7. The Morgan fingerprint density at radius 2 is 1.65 bits per heavy atom. The molecule has 0 spiro atoms. The molecule has 1 aromatic heterocycles. The third-order valence-corrected chi connectivity index (χ3v) is 7.21. The summed E-state index contributed by atoms with van der Waals surface area (Å²) in [6.07, 6.45) is 2.93. The van der Waals surface area contributed by atoms with Crippen molar-refractivity contribution in [2.45, 2.75) is 45.4 Å². The molecule has 3 aromatic rings. The summed E-state index contributed by atoms with van der Waals surface area (Å²) < 4.78 is 31.4. The molecular weight excluding hydrogens is 458 g/mol. The van der Waals surface area contributed by atoms with Gasteiger partial charge in [-0.15, -0.1) is 0 Å². The van der Waals surface area contributed by atoms with E-state index in [1.54, 1.807) is 0 Å². The highest BCUT2D eigenvalue weighted by Gasteiger charge is 2.28. The van der Waals surface area contributed by atoms with Gasteiger partial charge in [0.15, 0.2) is 0 Å². The van der Waals surface area contributed by atoms with Gasteiger partial charge < -0.3 is 5.32 Å². The van der Waals surface area contributed by atoms with E-state index >= 15 is 0 Å². The molecule has 0 unspecified atom stereocenters. The zero-order chi connectivity index (χ0) is 23.7. The van der Waals surface area contributed by atoms with E-state index in [1.165, 1.54) is 12.1 Å². The number of rotatable bonds is 6. The van der Waals surface area contributed by atoms with Crippen LogP contribution in [0.2, 0.25) is 5.02 Å². The maximum absolute atomic E-state index is 13.7. The lowest BCUT2D eigenvalue weighted by Gasteiger charge is -2.29. The number of nitrogens with one attached hydrogen (secondary N) is 1. The van der Waals surface area contributed by atoms with E-state index in [1.807, 2.05) is 28.9 Å². The molecular formula is C26H29ClF2N4O. The molecule has 180 valence electrons. The Morgan fingerprint density at radius 1 is 0.941 bits per heavy atom. The minimum Gasteiger partial charge on any atom is -0.317 e. The van der Waals surface area contributed by atoms with E-state index in [2.05, 4.69) is 14.9 Å². The molecule has 2 aliphatic rings. The van der Waals surface area contributed by atoms with Crippen molar-refractivity contribution < 1.29 is 8.78 Å². The van der Waals surface area contributed by atoms with E-state index in [-0.39, 0.29) is 5.56 Å². The SMILES string of the molecule is O=c1c2c(n(CC3CCNCC3)n1Cc1ccc(Cl)cc1)CCN(Cc1cc(F)cc(F)c1)C2. The predicted molar refractivity (Wildman–Crippen MR) is 129 cm³/mol. The number of benzene rings is 2. The van der Waals surface area contributed by atoms with E-state index in [4.69, 9.17) is 11.6 Å². The third-order valence-electron chi connectivity index (χ3n) is 6.95. The second-order valence-electron chi connectivity index (χ2n) is 9.43. The van der Waals surface area contributed by atoms with Gasteiger partial charge in [-0.3, -0.25) is 14.4 Å². The molecule has 3 heterocycles. The largest absolute Gasteiger partial charge is 0.317 e. The Bertz CT molecular complexity index is 1190.